The highest BCUT2D eigenvalue weighted by atomic mass is 32.2. The van der Waals surface area contributed by atoms with Crippen molar-refractivity contribution in [2.24, 2.45) is 11.8 Å². The standard InChI is InChI=1S/C22H33N3O3S/c1-3-14-29-20-18(21(26)24-11-5-4-6-12-24)9-10-19(23-20)25-13-7-8-17(15-25)16(2)22(27)28/h9-10,16-17H,3-8,11-15H2,1-2H3,(H,27,28)/t16?,17-/m1/s1. The van der Waals surface area contributed by atoms with E-state index in [0.29, 0.717) is 12.1 Å². The van der Waals surface area contributed by atoms with E-state index in [2.05, 4.69) is 11.8 Å². The lowest BCUT2D eigenvalue weighted by Gasteiger charge is -2.35. The largest absolute Gasteiger partial charge is 0.481 e. The molecule has 1 aromatic heterocycles. The number of amides is 1. The van der Waals surface area contributed by atoms with Gasteiger partial charge in [-0.05, 0) is 62.3 Å². The highest BCUT2D eigenvalue weighted by Crippen LogP contribution is 2.31. The first-order valence-electron chi connectivity index (χ1n) is 10.9. The van der Waals surface area contributed by atoms with E-state index in [1.54, 1.807) is 18.7 Å². The third-order valence-corrected chi connectivity index (χ3v) is 7.24. The minimum Gasteiger partial charge on any atom is -0.481 e. The van der Waals surface area contributed by atoms with Gasteiger partial charge in [0, 0.05) is 26.2 Å². The number of piperidine rings is 2. The van der Waals surface area contributed by atoms with Crippen LogP contribution in [-0.4, -0.2) is 58.8 Å². The predicted octanol–water partition coefficient (Wildman–Crippen LogP) is 4.15. The topological polar surface area (TPSA) is 73.7 Å². The molecule has 0 aliphatic carbocycles. The van der Waals surface area contributed by atoms with Crippen LogP contribution in [0.3, 0.4) is 0 Å². The van der Waals surface area contributed by atoms with Gasteiger partial charge in [-0.15, -0.1) is 11.8 Å². The smallest absolute Gasteiger partial charge is 0.306 e. The summed E-state index contributed by atoms with van der Waals surface area (Å²) in [6.45, 7) is 7.18. The summed E-state index contributed by atoms with van der Waals surface area (Å²) in [6.07, 6.45) is 6.28. The first-order chi connectivity index (χ1) is 14.0. The fourth-order valence-electron chi connectivity index (χ4n) is 4.17. The van der Waals surface area contributed by atoms with Crippen LogP contribution in [0.15, 0.2) is 17.2 Å². The zero-order valence-electron chi connectivity index (χ0n) is 17.6. The maximum absolute atomic E-state index is 13.1. The zero-order chi connectivity index (χ0) is 20.8. The number of thioether (sulfide) groups is 1. The van der Waals surface area contributed by atoms with Gasteiger partial charge in [0.05, 0.1) is 11.5 Å². The number of carbonyl (C=O) groups excluding carboxylic acids is 1. The van der Waals surface area contributed by atoms with Crippen LogP contribution in [0.25, 0.3) is 0 Å². The second-order valence-corrected chi connectivity index (χ2v) is 9.28. The minimum absolute atomic E-state index is 0.0957. The Morgan fingerprint density at radius 3 is 2.66 bits per heavy atom. The number of anilines is 1. The number of carbonyl (C=O) groups is 2. The average molecular weight is 420 g/mol. The monoisotopic (exact) mass is 419 g/mol. The van der Waals surface area contributed by atoms with Crippen LogP contribution in [0.5, 0.6) is 0 Å². The van der Waals surface area contributed by atoms with Gasteiger partial charge >= 0.3 is 5.97 Å². The molecule has 2 saturated heterocycles. The molecule has 0 bridgehead atoms. The molecule has 3 heterocycles. The first kappa shape index (κ1) is 21.9. The van der Waals surface area contributed by atoms with E-state index < -0.39 is 5.97 Å². The molecule has 1 amide bonds. The normalized spacial score (nSPS) is 21.1. The molecule has 3 rings (SSSR count). The Kier molecular flexibility index (Phi) is 7.81. The lowest BCUT2D eigenvalue weighted by atomic mass is 9.86. The van der Waals surface area contributed by atoms with Crippen LogP contribution in [0.1, 0.15) is 62.7 Å². The number of likely N-dealkylation sites (tertiary alicyclic amines) is 1. The maximum Gasteiger partial charge on any atom is 0.306 e. The predicted molar refractivity (Wildman–Crippen MR) is 117 cm³/mol. The van der Waals surface area contributed by atoms with Gasteiger partial charge < -0.3 is 14.9 Å². The lowest BCUT2D eigenvalue weighted by Crippen LogP contribution is -2.40. The van der Waals surface area contributed by atoms with Crippen molar-refractivity contribution in [3.63, 3.8) is 0 Å². The van der Waals surface area contributed by atoms with E-state index in [0.717, 1.165) is 68.3 Å². The molecule has 0 radical (unpaired) electrons. The minimum atomic E-state index is -0.730. The molecule has 0 spiro atoms. The van der Waals surface area contributed by atoms with E-state index in [1.807, 2.05) is 17.0 Å². The van der Waals surface area contributed by atoms with Gasteiger partial charge in [0.15, 0.2) is 0 Å². The maximum atomic E-state index is 13.1. The molecule has 2 aliphatic heterocycles. The molecular formula is C22H33N3O3S. The summed E-state index contributed by atoms with van der Waals surface area (Å²) in [7, 11) is 0. The Bertz CT molecular complexity index is 721. The quantitative estimate of drug-likeness (QED) is 0.670. The SMILES string of the molecule is CCCSc1nc(N2CCC[C@@H](C(C)C(=O)O)C2)ccc1C(=O)N1CCCCC1. The number of carboxylic acid groups (broad SMARTS) is 1. The van der Waals surface area contributed by atoms with Gasteiger partial charge in [0.2, 0.25) is 0 Å². The molecule has 0 saturated carbocycles. The second-order valence-electron chi connectivity index (χ2n) is 8.20. The molecule has 0 aromatic carbocycles. The summed E-state index contributed by atoms with van der Waals surface area (Å²) in [6, 6.07) is 3.88. The number of nitrogens with zero attached hydrogens (tertiary/aromatic N) is 3. The van der Waals surface area contributed by atoms with Gasteiger partial charge in [0.25, 0.3) is 5.91 Å². The molecule has 1 N–H and O–H groups in total. The first-order valence-corrected chi connectivity index (χ1v) is 11.9. The van der Waals surface area contributed by atoms with Gasteiger partial charge in [0.1, 0.15) is 10.8 Å². The molecule has 160 valence electrons. The third kappa shape index (κ3) is 5.44. The van der Waals surface area contributed by atoms with Crippen molar-refractivity contribution in [2.75, 3.05) is 36.8 Å². The summed E-state index contributed by atoms with van der Waals surface area (Å²) in [5.41, 5.74) is 0.710. The molecule has 29 heavy (non-hydrogen) atoms. The second kappa shape index (κ2) is 10.3. The number of aliphatic carboxylic acids is 1. The van der Waals surface area contributed by atoms with Crippen LogP contribution in [0.4, 0.5) is 5.82 Å². The van der Waals surface area contributed by atoms with Crippen molar-refractivity contribution in [3.8, 4) is 0 Å². The Morgan fingerprint density at radius 1 is 1.21 bits per heavy atom. The van der Waals surface area contributed by atoms with E-state index in [9.17, 15) is 14.7 Å². The number of hydrogen-bond donors (Lipinski definition) is 1. The Balaban J connectivity index is 1.81. The Morgan fingerprint density at radius 2 is 1.97 bits per heavy atom. The van der Waals surface area contributed by atoms with E-state index in [4.69, 9.17) is 4.98 Å². The highest BCUT2D eigenvalue weighted by molar-refractivity contribution is 7.99. The number of rotatable bonds is 7. The van der Waals surface area contributed by atoms with Crippen molar-refractivity contribution in [1.82, 2.24) is 9.88 Å². The van der Waals surface area contributed by atoms with Crippen molar-refractivity contribution in [2.45, 2.75) is 57.4 Å². The van der Waals surface area contributed by atoms with Crippen LogP contribution in [0, 0.1) is 11.8 Å². The molecule has 2 aliphatic rings. The molecule has 2 fully saturated rings. The number of hydrogen-bond acceptors (Lipinski definition) is 5. The van der Waals surface area contributed by atoms with E-state index in [1.165, 1.54) is 6.42 Å². The van der Waals surface area contributed by atoms with Crippen LogP contribution in [0.2, 0.25) is 0 Å². The zero-order valence-corrected chi connectivity index (χ0v) is 18.4. The summed E-state index contributed by atoms with van der Waals surface area (Å²) in [4.78, 5) is 33.5. The van der Waals surface area contributed by atoms with Gasteiger partial charge in [-0.1, -0.05) is 13.8 Å². The van der Waals surface area contributed by atoms with E-state index in [-0.39, 0.29) is 17.7 Å². The molecular weight excluding hydrogens is 386 g/mol. The van der Waals surface area contributed by atoms with Gasteiger partial charge in [-0.25, -0.2) is 4.98 Å². The van der Waals surface area contributed by atoms with Gasteiger partial charge in [-0.2, -0.15) is 0 Å². The third-order valence-electron chi connectivity index (χ3n) is 6.04. The van der Waals surface area contributed by atoms with Crippen molar-refractivity contribution < 1.29 is 14.7 Å². The van der Waals surface area contributed by atoms with Crippen molar-refractivity contribution in [3.05, 3.63) is 17.7 Å². The number of carboxylic acids is 1. The Hall–Kier alpha value is -1.76. The summed E-state index contributed by atoms with van der Waals surface area (Å²) < 4.78 is 0. The molecule has 6 nitrogen and oxygen atoms in total. The van der Waals surface area contributed by atoms with Gasteiger partial charge in [-0.3, -0.25) is 9.59 Å². The van der Waals surface area contributed by atoms with Crippen molar-refractivity contribution >= 4 is 29.5 Å². The summed E-state index contributed by atoms with van der Waals surface area (Å²) >= 11 is 1.65. The van der Waals surface area contributed by atoms with Crippen LogP contribution < -0.4 is 4.90 Å². The summed E-state index contributed by atoms with van der Waals surface area (Å²) in [5.74, 6) is 0.928. The molecule has 7 heteroatoms. The lowest BCUT2D eigenvalue weighted by molar-refractivity contribution is -0.143. The molecule has 1 aromatic rings. The highest BCUT2D eigenvalue weighted by Gasteiger charge is 2.30. The average Bonchev–Trinajstić information content (AvgIpc) is 2.77. The van der Waals surface area contributed by atoms with Crippen molar-refractivity contribution in [1.29, 1.82) is 0 Å². The molecule has 2 atom stereocenters. The molecule has 1 unspecified atom stereocenters. The summed E-state index contributed by atoms with van der Waals surface area (Å²) in [5, 5.41) is 10.2. The van der Waals surface area contributed by atoms with Crippen LogP contribution in [-0.2, 0) is 4.79 Å². The van der Waals surface area contributed by atoms with Crippen LogP contribution >= 0.6 is 11.8 Å². The fourth-order valence-corrected chi connectivity index (χ4v) is 5.04. The fraction of sp³-hybridized carbons (Fsp3) is 0.682. The number of aromatic nitrogens is 1. The Labute approximate surface area is 178 Å². The number of pyridine rings is 1. The van der Waals surface area contributed by atoms with E-state index >= 15 is 0 Å².